The SMILES string of the molecule is CCN1CCCc2cc3c(cc21)Oc1cc2c(cc1=N3)CCC[N+]=2CC. The van der Waals surface area contributed by atoms with E-state index in [1.54, 1.807) is 0 Å². The predicted octanol–water partition coefficient (Wildman–Crippen LogP) is 2.97. The smallest absolute Gasteiger partial charge is 0.207 e. The van der Waals surface area contributed by atoms with Crippen LogP contribution < -0.4 is 24.9 Å². The fourth-order valence-corrected chi connectivity index (χ4v) is 4.60. The molecule has 0 radical (unpaired) electrons. The average Bonchev–Trinajstić information content (AvgIpc) is 2.68. The molecule has 0 aromatic heterocycles. The van der Waals surface area contributed by atoms with Crippen molar-refractivity contribution < 1.29 is 4.74 Å². The van der Waals surface area contributed by atoms with Crippen molar-refractivity contribution in [3.63, 3.8) is 0 Å². The third-order valence-electron chi connectivity index (χ3n) is 5.97. The van der Waals surface area contributed by atoms with Crippen molar-refractivity contribution in [3.8, 4) is 11.5 Å². The lowest BCUT2D eigenvalue weighted by molar-refractivity contribution is 0.463. The van der Waals surface area contributed by atoms with Gasteiger partial charge in [-0.2, -0.15) is 0 Å². The Hall–Kier alpha value is -2.36. The molecule has 0 atom stereocenters. The quantitative estimate of drug-likeness (QED) is 0.666. The van der Waals surface area contributed by atoms with E-state index in [1.807, 2.05) is 0 Å². The van der Waals surface area contributed by atoms with Gasteiger partial charge in [-0.05, 0) is 50.8 Å². The topological polar surface area (TPSA) is 27.8 Å². The number of aryl methyl sites for hydroxylation is 2. The summed E-state index contributed by atoms with van der Waals surface area (Å²) in [6, 6.07) is 8.90. The van der Waals surface area contributed by atoms with Gasteiger partial charge < -0.3 is 9.64 Å². The summed E-state index contributed by atoms with van der Waals surface area (Å²) < 4.78 is 8.80. The maximum atomic E-state index is 6.35. The van der Waals surface area contributed by atoms with Gasteiger partial charge in [-0.25, -0.2) is 9.57 Å². The normalized spacial score (nSPS) is 17.5. The van der Waals surface area contributed by atoms with E-state index in [2.05, 4.69) is 47.6 Å². The molecule has 4 nitrogen and oxygen atoms in total. The first-order valence-electron chi connectivity index (χ1n) is 10.00. The van der Waals surface area contributed by atoms with E-state index in [0.717, 1.165) is 61.6 Å². The van der Waals surface area contributed by atoms with Crippen LogP contribution in [0.25, 0.3) is 0 Å². The van der Waals surface area contributed by atoms with Crippen molar-refractivity contribution in [2.24, 2.45) is 4.99 Å². The third kappa shape index (κ3) is 2.43. The van der Waals surface area contributed by atoms with Crippen LogP contribution in [0.15, 0.2) is 29.3 Å². The van der Waals surface area contributed by atoms with Crippen LogP contribution in [-0.2, 0) is 12.8 Å². The van der Waals surface area contributed by atoms with Crippen LogP contribution in [0.3, 0.4) is 0 Å². The number of fused-ring (bicyclic) bond motifs is 4. The van der Waals surface area contributed by atoms with E-state index < -0.39 is 0 Å². The highest BCUT2D eigenvalue weighted by Crippen LogP contribution is 2.41. The summed E-state index contributed by atoms with van der Waals surface area (Å²) in [5.74, 6) is 1.80. The standard InChI is InChI=1S/C22H26N3O/c1-3-24-9-5-7-15-11-17-21(13-19(15)24)26-22-14-20-16(12-18(22)23-17)8-6-10-25(20)4-2/h11-14H,3-10H2,1-2H3/q+1. The van der Waals surface area contributed by atoms with Gasteiger partial charge in [0.1, 0.15) is 24.1 Å². The highest BCUT2D eigenvalue weighted by Gasteiger charge is 2.23. The molecule has 0 aliphatic carbocycles. The van der Waals surface area contributed by atoms with Crippen LogP contribution >= 0.6 is 0 Å². The van der Waals surface area contributed by atoms with Crippen LogP contribution in [0.5, 0.6) is 11.5 Å². The largest absolute Gasteiger partial charge is 0.452 e. The monoisotopic (exact) mass is 348 g/mol. The summed E-state index contributed by atoms with van der Waals surface area (Å²) in [5.41, 5.74) is 5.12. The van der Waals surface area contributed by atoms with Gasteiger partial charge in [0, 0.05) is 36.8 Å². The van der Waals surface area contributed by atoms with Crippen LogP contribution in [0, 0.1) is 0 Å². The van der Waals surface area contributed by atoms with Gasteiger partial charge >= 0.3 is 0 Å². The van der Waals surface area contributed by atoms with Gasteiger partial charge in [-0.15, -0.1) is 0 Å². The zero-order valence-corrected chi connectivity index (χ0v) is 15.7. The van der Waals surface area contributed by atoms with E-state index in [4.69, 9.17) is 9.73 Å². The molecule has 3 aliphatic heterocycles. The molecule has 134 valence electrons. The molecule has 0 bridgehead atoms. The summed E-state index contributed by atoms with van der Waals surface area (Å²) in [5, 5.41) is 2.31. The lowest BCUT2D eigenvalue weighted by Gasteiger charge is -2.31. The number of anilines is 1. The molecule has 26 heavy (non-hydrogen) atoms. The zero-order chi connectivity index (χ0) is 17.7. The first kappa shape index (κ1) is 15.9. The lowest BCUT2D eigenvalue weighted by Crippen LogP contribution is -2.38. The maximum Gasteiger partial charge on any atom is 0.207 e. The highest BCUT2D eigenvalue weighted by molar-refractivity contribution is 5.69. The molecule has 3 aliphatic rings. The Morgan fingerprint density at radius 3 is 2.77 bits per heavy atom. The number of hydrogen-bond acceptors (Lipinski definition) is 3. The van der Waals surface area contributed by atoms with Crippen molar-refractivity contribution in [2.75, 3.05) is 31.1 Å². The molecule has 0 saturated carbocycles. The van der Waals surface area contributed by atoms with Crippen LogP contribution in [0.2, 0.25) is 0 Å². The fraction of sp³-hybridized carbons (Fsp3) is 0.455. The Morgan fingerprint density at radius 1 is 1.04 bits per heavy atom. The number of benzene rings is 2. The first-order valence-corrected chi connectivity index (χ1v) is 10.00. The Balaban J connectivity index is 1.68. The zero-order valence-electron chi connectivity index (χ0n) is 15.7. The Morgan fingerprint density at radius 2 is 1.92 bits per heavy atom. The van der Waals surface area contributed by atoms with Crippen molar-refractivity contribution in [1.82, 2.24) is 4.58 Å². The first-order chi connectivity index (χ1) is 12.8. The number of ether oxygens (including phenoxy) is 1. The molecule has 0 N–H and O–H groups in total. The van der Waals surface area contributed by atoms with E-state index in [1.165, 1.54) is 35.0 Å². The van der Waals surface area contributed by atoms with Gasteiger partial charge in [-0.3, -0.25) is 0 Å². The molecule has 2 aromatic carbocycles. The molecule has 5 rings (SSSR count). The molecule has 0 fully saturated rings. The van der Waals surface area contributed by atoms with Gasteiger partial charge in [0.2, 0.25) is 5.36 Å². The second-order valence-electron chi connectivity index (χ2n) is 7.48. The van der Waals surface area contributed by atoms with Crippen molar-refractivity contribution in [1.29, 1.82) is 0 Å². The van der Waals surface area contributed by atoms with Crippen LogP contribution in [0.4, 0.5) is 11.4 Å². The molecule has 0 amide bonds. The number of hydrogen-bond donors (Lipinski definition) is 0. The minimum Gasteiger partial charge on any atom is -0.452 e. The Labute approximate surface area is 154 Å². The van der Waals surface area contributed by atoms with Crippen LogP contribution in [0.1, 0.15) is 37.8 Å². The minimum absolute atomic E-state index is 0.899. The summed E-state index contributed by atoms with van der Waals surface area (Å²) in [6.45, 7) is 8.79. The van der Waals surface area contributed by atoms with E-state index in [-0.39, 0.29) is 0 Å². The van der Waals surface area contributed by atoms with E-state index in [0.29, 0.717) is 0 Å². The van der Waals surface area contributed by atoms with Gasteiger partial charge in [-0.1, -0.05) is 0 Å². The van der Waals surface area contributed by atoms with E-state index in [9.17, 15) is 0 Å². The molecule has 0 spiro atoms. The number of nitrogens with zero attached hydrogens (tertiary/aromatic N) is 3. The third-order valence-corrected chi connectivity index (χ3v) is 5.97. The predicted molar refractivity (Wildman–Crippen MR) is 105 cm³/mol. The summed E-state index contributed by atoms with van der Waals surface area (Å²) >= 11 is 0. The van der Waals surface area contributed by atoms with Crippen molar-refractivity contribution in [2.45, 2.75) is 39.5 Å². The molecule has 4 heteroatoms. The second-order valence-corrected chi connectivity index (χ2v) is 7.48. The average molecular weight is 348 g/mol. The summed E-state index contributed by atoms with van der Waals surface area (Å²) in [4.78, 5) is 7.41. The molecular weight excluding hydrogens is 322 g/mol. The van der Waals surface area contributed by atoms with Crippen LogP contribution in [-0.4, -0.2) is 26.2 Å². The fourth-order valence-electron chi connectivity index (χ4n) is 4.60. The molecule has 2 aromatic rings. The molecule has 3 heterocycles. The molecular formula is C22H26N3O+. The lowest BCUT2D eigenvalue weighted by atomic mass is 10.00. The summed E-state index contributed by atoms with van der Waals surface area (Å²) in [7, 11) is 0. The number of rotatable bonds is 2. The molecule has 0 saturated heterocycles. The van der Waals surface area contributed by atoms with Crippen molar-refractivity contribution in [3.05, 3.63) is 46.1 Å². The van der Waals surface area contributed by atoms with Crippen molar-refractivity contribution >= 4 is 11.4 Å². The Kier molecular flexibility index (Phi) is 3.73. The second kappa shape index (κ2) is 6.11. The molecule has 0 unspecified atom stereocenters. The van der Waals surface area contributed by atoms with E-state index >= 15 is 0 Å². The highest BCUT2D eigenvalue weighted by atomic mass is 16.5. The Bertz CT molecular complexity index is 1010. The van der Waals surface area contributed by atoms with Gasteiger partial charge in [0.15, 0.2) is 11.5 Å². The van der Waals surface area contributed by atoms with Gasteiger partial charge in [0.25, 0.3) is 0 Å². The minimum atomic E-state index is 0.899. The maximum absolute atomic E-state index is 6.35. The van der Waals surface area contributed by atoms with Gasteiger partial charge in [0.05, 0.1) is 6.07 Å². The summed E-state index contributed by atoms with van der Waals surface area (Å²) in [6.07, 6.45) is 4.71.